The molecule has 7 heteroatoms. The van der Waals surface area contributed by atoms with Crippen LogP contribution in [-0.4, -0.2) is 9.97 Å². The number of thiophene rings is 1. The number of hydrogen-bond donors (Lipinski definition) is 1. The van der Waals surface area contributed by atoms with Gasteiger partial charge < -0.3 is 5.32 Å². The lowest BCUT2D eigenvalue weighted by molar-refractivity contribution is 1.19. The Morgan fingerprint density at radius 3 is 2.86 bits per heavy atom. The highest BCUT2D eigenvalue weighted by Crippen LogP contribution is 2.35. The van der Waals surface area contributed by atoms with Gasteiger partial charge in [0.05, 0.1) is 20.6 Å². The molecule has 0 bridgehead atoms. The second-order valence-corrected chi connectivity index (χ2v) is 7.01. The van der Waals surface area contributed by atoms with Crippen molar-refractivity contribution >= 4 is 72.2 Å². The zero-order valence-corrected chi connectivity index (χ0v) is 14.9. The van der Waals surface area contributed by atoms with Gasteiger partial charge in [-0.05, 0) is 52.2 Å². The number of aryl methyl sites for hydroxylation is 1. The quantitative estimate of drug-likeness (QED) is 0.540. The number of nitrogens with zero attached hydrogens (tertiary/aromatic N) is 2. The predicted octanol–water partition coefficient (Wildman–Crippen LogP) is 6.07. The highest BCUT2D eigenvalue weighted by Gasteiger charge is 2.12. The van der Waals surface area contributed by atoms with Crippen LogP contribution in [0.1, 0.15) is 11.8 Å². The molecule has 0 radical (unpaired) electrons. The van der Waals surface area contributed by atoms with Crippen LogP contribution in [0.5, 0.6) is 0 Å². The summed E-state index contributed by atoms with van der Waals surface area (Å²) in [6, 6.07) is 7.71. The Bertz CT molecular complexity index is 819. The van der Waals surface area contributed by atoms with Crippen LogP contribution < -0.4 is 5.32 Å². The van der Waals surface area contributed by atoms with E-state index in [9.17, 15) is 0 Å². The zero-order chi connectivity index (χ0) is 15.0. The summed E-state index contributed by atoms with van der Waals surface area (Å²) in [6.45, 7) is 2.11. The fourth-order valence-electron chi connectivity index (χ4n) is 1.94. The van der Waals surface area contributed by atoms with Crippen LogP contribution in [0.4, 0.5) is 11.5 Å². The highest BCUT2D eigenvalue weighted by molar-refractivity contribution is 9.10. The summed E-state index contributed by atoms with van der Waals surface area (Å²) in [5, 5.41) is 5.10. The van der Waals surface area contributed by atoms with Crippen molar-refractivity contribution in [3.8, 4) is 0 Å². The van der Waals surface area contributed by atoms with Gasteiger partial charge in [0.15, 0.2) is 0 Å². The first kappa shape index (κ1) is 15.0. The summed E-state index contributed by atoms with van der Waals surface area (Å²) in [6.07, 6.45) is 0.957. The van der Waals surface area contributed by atoms with Gasteiger partial charge in [-0.25, -0.2) is 4.98 Å². The van der Waals surface area contributed by atoms with Crippen molar-refractivity contribution in [2.75, 3.05) is 5.32 Å². The van der Waals surface area contributed by atoms with Gasteiger partial charge in [0.25, 0.3) is 0 Å². The molecule has 1 N–H and O–H groups in total. The van der Waals surface area contributed by atoms with Crippen molar-refractivity contribution in [1.29, 1.82) is 0 Å². The second kappa shape index (κ2) is 6.08. The SMILES string of the molecule is CCc1cc2c(Nc3cccc(Cl)c3Br)nc(Cl)nc2s1. The topological polar surface area (TPSA) is 37.8 Å². The molecule has 3 rings (SSSR count). The number of anilines is 2. The van der Waals surface area contributed by atoms with Crippen LogP contribution in [0, 0.1) is 0 Å². The lowest BCUT2D eigenvalue weighted by Crippen LogP contribution is -1.96. The maximum absolute atomic E-state index is 6.11. The van der Waals surface area contributed by atoms with E-state index >= 15 is 0 Å². The van der Waals surface area contributed by atoms with E-state index in [1.165, 1.54) is 4.88 Å². The van der Waals surface area contributed by atoms with E-state index in [1.807, 2.05) is 18.2 Å². The monoisotopic (exact) mass is 401 g/mol. The van der Waals surface area contributed by atoms with Gasteiger partial charge in [-0.15, -0.1) is 11.3 Å². The average Bonchev–Trinajstić information content (AvgIpc) is 2.87. The van der Waals surface area contributed by atoms with E-state index in [0.717, 1.165) is 26.8 Å². The van der Waals surface area contributed by atoms with Gasteiger partial charge in [-0.2, -0.15) is 4.98 Å². The van der Waals surface area contributed by atoms with Crippen LogP contribution in [0.3, 0.4) is 0 Å². The molecule has 21 heavy (non-hydrogen) atoms. The molecule has 0 fully saturated rings. The van der Waals surface area contributed by atoms with Crippen LogP contribution in [0.15, 0.2) is 28.7 Å². The summed E-state index contributed by atoms with van der Waals surface area (Å²) in [5.41, 5.74) is 0.836. The summed E-state index contributed by atoms with van der Waals surface area (Å²) in [7, 11) is 0. The Kier molecular flexibility index (Phi) is 4.36. The first-order valence-electron chi connectivity index (χ1n) is 6.25. The Hall–Kier alpha value is -0.880. The number of nitrogens with one attached hydrogen (secondary N) is 1. The third-order valence-corrected chi connectivity index (χ3v) is 5.71. The normalized spacial score (nSPS) is 11.0. The maximum Gasteiger partial charge on any atom is 0.225 e. The molecule has 0 spiro atoms. The highest BCUT2D eigenvalue weighted by atomic mass is 79.9. The molecule has 0 aliphatic heterocycles. The molecule has 0 atom stereocenters. The Morgan fingerprint density at radius 1 is 1.29 bits per heavy atom. The van der Waals surface area contributed by atoms with Crippen molar-refractivity contribution in [2.45, 2.75) is 13.3 Å². The van der Waals surface area contributed by atoms with E-state index in [1.54, 1.807) is 11.3 Å². The maximum atomic E-state index is 6.11. The minimum Gasteiger partial charge on any atom is -0.339 e. The Labute approximate surface area is 144 Å². The molecular formula is C14H10BrCl2N3S. The summed E-state index contributed by atoms with van der Waals surface area (Å²) in [4.78, 5) is 10.7. The first-order chi connectivity index (χ1) is 10.1. The largest absolute Gasteiger partial charge is 0.339 e. The van der Waals surface area contributed by atoms with E-state index < -0.39 is 0 Å². The minimum atomic E-state index is 0.229. The minimum absolute atomic E-state index is 0.229. The van der Waals surface area contributed by atoms with Gasteiger partial charge in [-0.3, -0.25) is 0 Å². The molecule has 3 aromatic rings. The summed E-state index contributed by atoms with van der Waals surface area (Å²) >= 11 is 17.2. The zero-order valence-electron chi connectivity index (χ0n) is 11.0. The Morgan fingerprint density at radius 2 is 2.10 bits per heavy atom. The van der Waals surface area contributed by atoms with E-state index in [0.29, 0.717) is 10.8 Å². The van der Waals surface area contributed by atoms with E-state index in [-0.39, 0.29) is 5.28 Å². The molecule has 0 amide bonds. The number of aromatic nitrogens is 2. The molecule has 2 heterocycles. The van der Waals surface area contributed by atoms with Crippen LogP contribution >= 0.6 is 50.5 Å². The fraction of sp³-hybridized carbons (Fsp3) is 0.143. The van der Waals surface area contributed by atoms with E-state index in [4.69, 9.17) is 23.2 Å². The predicted molar refractivity (Wildman–Crippen MR) is 94.2 cm³/mol. The average molecular weight is 403 g/mol. The number of halogens is 3. The number of rotatable bonds is 3. The van der Waals surface area contributed by atoms with Crippen molar-refractivity contribution in [1.82, 2.24) is 9.97 Å². The number of hydrogen-bond acceptors (Lipinski definition) is 4. The molecule has 0 aliphatic rings. The molecule has 0 aliphatic carbocycles. The molecule has 3 nitrogen and oxygen atoms in total. The van der Waals surface area contributed by atoms with Crippen molar-refractivity contribution in [3.05, 3.63) is 43.9 Å². The molecule has 0 unspecified atom stereocenters. The second-order valence-electron chi connectivity index (χ2n) is 4.35. The Balaban J connectivity index is 2.11. The summed E-state index contributed by atoms with van der Waals surface area (Å²) in [5.74, 6) is 0.684. The molecule has 0 saturated carbocycles. The lowest BCUT2D eigenvalue weighted by atomic mass is 10.3. The molecule has 0 saturated heterocycles. The van der Waals surface area contributed by atoms with Gasteiger partial charge in [-0.1, -0.05) is 24.6 Å². The van der Waals surface area contributed by atoms with Gasteiger partial charge in [0, 0.05) is 4.88 Å². The van der Waals surface area contributed by atoms with Crippen molar-refractivity contribution in [2.24, 2.45) is 0 Å². The number of fused-ring (bicyclic) bond motifs is 1. The van der Waals surface area contributed by atoms with Crippen LogP contribution in [0.25, 0.3) is 10.2 Å². The van der Waals surface area contributed by atoms with Crippen LogP contribution in [-0.2, 0) is 6.42 Å². The van der Waals surface area contributed by atoms with Gasteiger partial charge in [0.2, 0.25) is 5.28 Å². The van der Waals surface area contributed by atoms with Gasteiger partial charge in [0.1, 0.15) is 10.6 Å². The standard InChI is InChI=1S/C14H10BrCl2N3S/c1-2-7-6-8-12(19-14(17)20-13(8)21-7)18-10-5-3-4-9(16)11(10)15/h3-6H,2H2,1H3,(H,18,19,20). The molecule has 108 valence electrons. The molecule has 1 aromatic carbocycles. The molecule has 2 aromatic heterocycles. The third kappa shape index (κ3) is 3.01. The molecular weight excluding hydrogens is 393 g/mol. The van der Waals surface area contributed by atoms with Crippen LogP contribution in [0.2, 0.25) is 10.3 Å². The van der Waals surface area contributed by atoms with E-state index in [2.05, 4.69) is 44.2 Å². The first-order valence-corrected chi connectivity index (χ1v) is 8.62. The van der Waals surface area contributed by atoms with Crippen molar-refractivity contribution in [3.63, 3.8) is 0 Å². The number of benzene rings is 1. The lowest BCUT2D eigenvalue weighted by Gasteiger charge is -2.09. The third-order valence-electron chi connectivity index (χ3n) is 2.97. The fourth-order valence-corrected chi connectivity index (χ4v) is 3.67. The smallest absolute Gasteiger partial charge is 0.225 e. The van der Waals surface area contributed by atoms with Gasteiger partial charge >= 0.3 is 0 Å². The summed E-state index contributed by atoms with van der Waals surface area (Å²) < 4.78 is 0.792. The van der Waals surface area contributed by atoms with Crippen molar-refractivity contribution < 1.29 is 0 Å².